The highest BCUT2D eigenvalue weighted by Crippen LogP contribution is 2.25. The summed E-state index contributed by atoms with van der Waals surface area (Å²) in [6, 6.07) is 6.10. The van der Waals surface area contributed by atoms with Crippen LogP contribution in [0.4, 0.5) is 5.69 Å². The molecule has 1 aliphatic rings. The Morgan fingerprint density at radius 2 is 2.30 bits per heavy atom. The van der Waals surface area contributed by atoms with Crippen molar-refractivity contribution in [1.82, 2.24) is 15.5 Å². The molecule has 1 amide bonds. The first-order chi connectivity index (χ1) is 11.1. The molecule has 1 fully saturated rings. The summed E-state index contributed by atoms with van der Waals surface area (Å²) in [5.74, 6) is 0.771. The van der Waals surface area contributed by atoms with E-state index in [0.29, 0.717) is 11.1 Å². The largest absolute Gasteiger partial charge is 0.414 e. The van der Waals surface area contributed by atoms with Crippen LogP contribution in [0.5, 0.6) is 0 Å². The van der Waals surface area contributed by atoms with Gasteiger partial charge in [-0.05, 0) is 44.9 Å². The van der Waals surface area contributed by atoms with Crippen LogP contribution in [-0.2, 0) is 4.79 Å². The number of thioether (sulfide) groups is 1. The van der Waals surface area contributed by atoms with Gasteiger partial charge in [-0.2, -0.15) is 0 Å². The number of anilines is 1. The van der Waals surface area contributed by atoms with Crippen molar-refractivity contribution in [2.45, 2.75) is 38.0 Å². The summed E-state index contributed by atoms with van der Waals surface area (Å²) in [7, 11) is 0. The fraction of sp³-hybridized carbons (Fsp3) is 0.438. The zero-order valence-electron chi connectivity index (χ0n) is 13.3. The van der Waals surface area contributed by atoms with E-state index in [9.17, 15) is 4.79 Å². The van der Waals surface area contributed by atoms with Crippen LogP contribution in [-0.4, -0.2) is 28.4 Å². The fourth-order valence-electron chi connectivity index (χ4n) is 2.58. The third kappa shape index (κ3) is 4.11. The standard InChI is InChI=1S/C16H20N4O2S/c1-10-5-6-12(11(2)8-10)18-14(21)9-23-16-20-19-15(22-16)13-4-3-7-17-13/h5-6,8,13,17H,3-4,7,9H2,1-2H3,(H,18,21)/t13-/m0/s1. The van der Waals surface area contributed by atoms with E-state index in [-0.39, 0.29) is 17.7 Å². The number of amides is 1. The Balaban J connectivity index is 1.52. The average molecular weight is 332 g/mol. The molecule has 0 spiro atoms. The predicted octanol–water partition coefficient (Wildman–Crippen LogP) is 2.84. The molecule has 0 radical (unpaired) electrons. The normalized spacial score (nSPS) is 17.4. The number of benzene rings is 1. The van der Waals surface area contributed by atoms with Crippen LogP contribution in [0.15, 0.2) is 27.8 Å². The van der Waals surface area contributed by atoms with Crippen LogP contribution < -0.4 is 10.6 Å². The summed E-state index contributed by atoms with van der Waals surface area (Å²) >= 11 is 1.26. The molecule has 1 aromatic carbocycles. The molecule has 2 heterocycles. The van der Waals surface area contributed by atoms with E-state index in [1.54, 1.807) is 0 Å². The van der Waals surface area contributed by atoms with Gasteiger partial charge in [0.05, 0.1) is 11.8 Å². The van der Waals surface area contributed by atoms with Crippen molar-refractivity contribution in [2.75, 3.05) is 17.6 Å². The maximum Gasteiger partial charge on any atom is 0.277 e. The van der Waals surface area contributed by atoms with Crippen molar-refractivity contribution in [3.63, 3.8) is 0 Å². The van der Waals surface area contributed by atoms with E-state index in [4.69, 9.17) is 4.42 Å². The summed E-state index contributed by atoms with van der Waals surface area (Å²) in [6.07, 6.45) is 2.13. The minimum atomic E-state index is -0.0827. The first-order valence-corrected chi connectivity index (χ1v) is 8.67. The highest BCUT2D eigenvalue weighted by atomic mass is 32.2. The maximum absolute atomic E-state index is 12.1. The molecular formula is C16H20N4O2S. The summed E-state index contributed by atoms with van der Waals surface area (Å²) < 4.78 is 5.61. The smallest absolute Gasteiger partial charge is 0.277 e. The van der Waals surface area contributed by atoms with E-state index < -0.39 is 0 Å². The van der Waals surface area contributed by atoms with Crippen molar-refractivity contribution in [3.8, 4) is 0 Å². The Hall–Kier alpha value is -1.86. The lowest BCUT2D eigenvalue weighted by Crippen LogP contribution is -2.14. The average Bonchev–Trinajstić information content (AvgIpc) is 3.18. The van der Waals surface area contributed by atoms with Crippen molar-refractivity contribution < 1.29 is 9.21 Å². The first kappa shape index (κ1) is 16.0. The molecule has 6 nitrogen and oxygen atoms in total. The Bertz CT molecular complexity index is 695. The third-order valence-corrected chi connectivity index (χ3v) is 4.58. The van der Waals surface area contributed by atoms with E-state index in [2.05, 4.69) is 20.8 Å². The second-order valence-electron chi connectivity index (χ2n) is 5.71. The van der Waals surface area contributed by atoms with Gasteiger partial charge < -0.3 is 15.1 Å². The number of nitrogens with one attached hydrogen (secondary N) is 2. The molecular weight excluding hydrogens is 312 g/mol. The van der Waals surface area contributed by atoms with E-state index in [0.717, 1.165) is 30.6 Å². The molecule has 1 saturated heterocycles. The zero-order chi connectivity index (χ0) is 16.2. The lowest BCUT2D eigenvalue weighted by Gasteiger charge is -2.08. The van der Waals surface area contributed by atoms with Gasteiger partial charge in [0.2, 0.25) is 11.8 Å². The Kier molecular flexibility index (Phi) is 4.97. The number of nitrogens with zero attached hydrogens (tertiary/aromatic N) is 2. The minimum Gasteiger partial charge on any atom is -0.414 e. The molecule has 2 N–H and O–H groups in total. The Morgan fingerprint density at radius 3 is 3.04 bits per heavy atom. The van der Waals surface area contributed by atoms with E-state index in [1.165, 1.54) is 17.3 Å². The van der Waals surface area contributed by atoms with Gasteiger partial charge in [0, 0.05) is 5.69 Å². The van der Waals surface area contributed by atoms with Crippen LogP contribution in [0.1, 0.15) is 35.9 Å². The number of rotatable bonds is 5. The second kappa shape index (κ2) is 7.14. The topological polar surface area (TPSA) is 80.0 Å². The van der Waals surface area contributed by atoms with Crippen molar-refractivity contribution in [2.24, 2.45) is 0 Å². The molecule has 0 aliphatic carbocycles. The van der Waals surface area contributed by atoms with E-state index >= 15 is 0 Å². The molecule has 1 aliphatic heterocycles. The van der Waals surface area contributed by atoms with Crippen LogP contribution in [0.2, 0.25) is 0 Å². The number of hydrogen-bond acceptors (Lipinski definition) is 6. The van der Waals surface area contributed by atoms with Crippen LogP contribution in [0.3, 0.4) is 0 Å². The van der Waals surface area contributed by atoms with Crippen LogP contribution in [0, 0.1) is 13.8 Å². The van der Waals surface area contributed by atoms with Crippen molar-refractivity contribution in [1.29, 1.82) is 0 Å². The Labute approximate surface area is 139 Å². The number of aryl methyl sites for hydroxylation is 2. The molecule has 3 rings (SSSR count). The number of hydrogen-bond donors (Lipinski definition) is 2. The van der Waals surface area contributed by atoms with Crippen LogP contribution >= 0.6 is 11.8 Å². The number of aromatic nitrogens is 2. The Morgan fingerprint density at radius 1 is 1.43 bits per heavy atom. The molecule has 1 aromatic heterocycles. The molecule has 0 saturated carbocycles. The SMILES string of the molecule is Cc1ccc(NC(=O)CSc2nnc([C@@H]3CCCN3)o2)c(C)c1. The zero-order valence-corrected chi connectivity index (χ0v) is 14.1. The molecule has 1 atom stereocenters. The lowest BCUT2D eigenvalue weighted by atomic mass is 10.1. The van der Waals surface area contributed by atoms with Gasteiger partial charge in [0.1, 0.15) is 0 Å². The van der Waals surface area contributed by atoms with Crippen molar-refractivity contribution >= 4 is 23.4 Å². The quantitative estimate of drug-likeness (QED) is 0.820. The monoisotopic (exact) mass is 332 g/mol. The van der Waals surface area contributed by atoms with Gasteiger partial charge >= 0.3 is 0 Å². The van der Waals surface area contributed by atoms with Crippen molar-refractivity contribution in [3.05, 3.63) is 35.2 Å². The van der Waals surface area contributed by atoms with Gasteiger partial charge in [0.25, 0.3) is 5.22 Å². The van der Waals surface area contributed by atoms with Gasteiger partial charge in [-0.25, -0.2) is 0 Å². The molecule has 0 unspecified atom stereocenters. The molecule has 7 heteroatoms. The summed E-state index contributed by atoms with van der Waals surface area (Å²) in [6.45, 7) is 4.99. The fourth-order valence-corrected chi connectivity index (χ4v) is 3.15. The van der Waals surface area contributed by atoms with Gasteiger partial charge in [-0.15, -0.1) is 10.2 Å². The predicted molar refractivity (Wildman–Crippen MR) is 89.5 cm³/mol. The number of carbonyl (C=O) groups excluding carboxylic acids is 1. The van der Waals surface area contributed by atoms with Gasteiger partial charge in [-0.3, -0.25) is 4.79 Å². The third-order valence-electron chi connectivity index (χ3n) is 3.76. The maximum atomic E-state index is 12.1. The van der Waals surface area contributed by atoms with E-state index in [1.807, 2.05) is 32.0 Å². The number of carbonyl (C=O) groups is 1. The molecule has 122 valence electrons. The lowest BCUT2D eigenvalue weighted by molar-refractivity contribution is -0.113. The van der Waals surface area contributed by atoms with Crippen LogP contribution in [0.25, 0.3) is 0 Å². The summed E-state index contributed by atoms with van der Waals surface area (Å²) in [4.78, 5) is 12.1. The van der Waals surface area contributed by atoms with Gasteiger partial charge in [0.15, 0.2) is 0 Å². The minimum absolute atomic E-state index is 0.0827. The summed E-state index contributed by atoms with van der Waals surface area (Å²) in [5, 5.41) is 14.7. The molecule has 0 bridgehead atoms. The first-order valence-electron chi connectivity index (χ1n) is 7.68. The summed E-state index contributed by atoms with van der Waals surface area (Å²) in [5.41, 5.74) is 3.06. The molecule has 23 heavy (non-hydrogen) atoms. The highest BCUT2D eigenvalue weighted by Gasteiger charge is 2.22. The molecule has 2 aromatic rings. The second-order valence-corrected chi connectivity index (χ2v) is 6.64. The highest BCUT2D eigenvalue weighted by molar-refractivity contribution is 7.99. The van der Waals surface area contributed by atoms with Gasteiger partial charge in [-0.1, -0.05) is 29.5 Å².